The molecule has 0 radical (unpaired) electrons. The van der Waals surface area contributed by atoms with E-state index in [-0.39, 0.29) is 18.2 Å². The standard InChI is InChI=1S/C21H21N3O3S2/c25-19(23-12-10-22(11-13-23)16-5-2-1-3-6-16)8-9-24-20(26)18(29-21(24)28)15-17-7-4-14-27-17/h1-7,14-15H,8-13H2. The summed E-state index contributed by atoms with van der Waals surface area (Å²) in [6, 6.07) is 13.8. The summed E-state index contributed by atoms with van der Waals surface area (Å²) in [6.45, 7) is 3.29. The third kappa shape index (κ3) is 4.54. The number of thiocarbonyl (C=S) groups is 1. The lowest BCUT2D eigenvalue weighted by atomic mass is 10.2. The van der Waals surface area contributed by atoms with Gasteiger partial charge in [-0.05, 0) is 24.3 Å². The topological polar surface area (TPSA) is 57.0 Å². The molecular weight excluding hydrogens is 406 g/mol. The van der Waals surface area contributed by atoms with Crippen molar-refractivity contribution in [2.45, 2.75) is 6.42 Å². The molecule has 0 spiro atoms. The van der Waals surface area contributed by atoms with Gasteiger partial charge in [0.15, 0.2) is 0 Å². The molecule has 0 bridgehead atoms. The summed E-state index contributed by atoms with van der Waals surface area (Å²) in [5.41, 5.74) is 1.18. The van der Waals surface area contributed by atoms with Crippen molar-refractivity contribution < 1.29 is 14.0 Å². The molecule has 1 aromatic carbocycles. The zero-order valence-electron chi connectivity index (χ0n) is 15.8. The summed E-state index contributed by atoms with van der Waals surface area (Å²) in [5.74, 6) is 0.498. The van der Waals surface area contributed by atoms with Crippen LogP contribution in [0.2, 0.25) is 0 Å². The molecule has 0 N–H and O–H groups in total. The number of para-hydroxylation sites is 1. The van der Waals surface area contributed by atoms with E-state index in [2.05, 4.69) is 17.0 Å². The van der Waals surface area contributed by atoms with Gasteiger partial charge in [0.25, 0.3) is 5.91 Å². The predicted octanol–water partition coefficient (Wildman–Crippen LogP) is 3.22. The van der Waals surface area contributed by atoms with Crippen LogP contribution in [0.3, 0.4) is 0 Å². The fraction of sp³-hybridized carbons (Fsp3) is 0.286. The second-order valence-corrected chi connectivity index (χ2v) is 8.48. The number of anilines is 1. The minimum absolute atomic E-state index is 0.0572. The molecule has 150 valence electrons. The maximum absolute atomic E-state index is 12.6. The number of amides is 2. The Morgan fingerprint density at radius 1 is 1.10 bits per heavy atom. The van der Waals surface area contributed by atoms with Crippen molar-refractivity contribution in [1.29, 1.82) is 0 Å². The Morgan fingerprint density at radius 3 is 2.55 bits per heavy atom. The predicted molar refractivity (Wildman–Crippen MR) is 118 cm³/mol. The van der Waals surface area contributed by atoms with E-state index in [0.29, 0.717) is 34.6 Å². The largest absolute Gasteiger partial charge is 0.465 e. The number of furan rings is 1. The molecular formula is C21H21N3O3S2. The summed E-state index contributed by atoms with van der Waals surface area (Å²) >= 11 is 6.58. The molecule has 0 atom stereocenters. The van der Waals surface area contributed by atoms with Gasteiger partial charge in [0.05, 0.1) is 11.2 Å². The van der Waals surface area contributed by atoms with Crippen LogP contribution in [0.4, 0.5) is 5.69 Å². The molecule has 3 heterocycles. The van der Waals surface area contributed by atoms with E-state index in [9.17, 15) is 9.59 Å². The highest BCUT2D eigenvalue weighted by atomic mass is 32.2. The van der Waals surface area contributed by atoms with E-state index < -0.39 is 0 Å². The van der Waals surface area contributed by atoms with Crippen molar-refractivity contribution in [3.63, 3.8) is 0 Å². The molecule has 2 aromatic rings. The first-order chi connectivity index (χ1) is 14.1. The highest BCUT2D eigenvalue weighted by Crippen LogP contribution is 2.32. The van der Waals surface area contributed by atoms with E-state index in [1.807, 2.05) is 23.1 Å². The molecule has 2 fully saturated rings. The molecule has 2 amide bonds. The Bertz CT molecular complexity index is 920. The number of carbonyl (C=O) groups excluding carboxylic acids is 2. The lowest BCUT2D eigenvalue weighted by molar-refractivity contribution is -0.132. The average Bonchev–Trinajstić information content (AvgIpc) is 3.35. The van der Waals surface area contributed by atoms with Gasteiger partial charge < -0.3 is 14.2 Å². The summed E-state index contributed by atoms with van der Waals surface area (Å²) in [6.07, 6.45) is 3.51. The molecule has 0 saturated carbocycles. The molecule has 6 nitrogen and oxygen atoms in total. The van der Waals surface area contributed by atoms with Gasteiger partial charge >= 0.3 is 0 Å². The first-order valence-corrected chi connectivity index (χ1v) is 10.7. The lowest BCUT2D eigenvalue weighted by Crippen LogP contribution is -2.49. The van der Waals surface area contributed by atoms with Gasteiger partial charge in [0.1, 0.15) is 10.1 Å². The van der Waals surface area contributed by atoms with Crippen LogP contribution in [0.25, 0.3) is 6.08 Å². The Kier molecular flexibility index (Phi) is 6.01. The van der Waals surface area contributed by atoms with Crippen LogP contribution < -0.4 is 4.90 Å². The fourth-order valence-electron chi connectivity index (χ4n) is 3.41. The SMILES string of the molecule is O=C(CCN1C(=O)C(=Cc2ccco2)SC1=S)N1CCN(c2ccccc2)CC1. The molecule has 4 rings (SSSR count). The maximum atomic E-state index is 12.6. The van der Waals surface area contributed by atoms with Crippen LogP contribution in [0.5, 0.6) is 0 Å². The molecule has 2 aliphatic rings. The monoisotopic (exact) mass is 427 g/mol. The first kappa shape index (κ1) is 19.7. The van der Waals surface area contributed by atoms with Gasteiger partial charge in [-0.15, -0.1) is 0 Å². The quantitative estimate of drug-likeness (QED) is 0.540. The van der Waals surface area contributed by atoms with Crippen molar-refractivity contribution in [3.8, 4) is 0 Å². The number of hydrogen-bond acceptors (Lipinski definition) is 6. The number of rotatable bonds is 5. The van der Waals surface area contributed by atoms with Crippen LogP contribution in [-0.2, 0) is 9.59 Å². The van der Waals surface area contributed by atoms with Crippen molar-refractivity contribution in [2.24, 2.45) is 0 Å². The minimum atomic E-state index is -0.168. The van der Waals surface area contributed by atoms with Gasteiger partial charge in [-0.2, -0.15) is 0 Å². The summed E-state index contributed by atoms with van der Waals surface area (Å²) < 4.78 is 5.74. The Labute approximate surface area is 179 Å². The highest BCUT2D eigenvalue weighted by molar-refractivity contribution is 8.26. The highest BCUT2D eigenvalue weighted by Gasteiger charge is 2.33. The number of hydrogen-bond donors (Lipinski definition) is 0. The van der Waals surface area contributed by atoms with Crippen molar-refractivity contribution in [2.75, 3.05) is 37.6 Å². The smallest absolute Gasteiger partial charge is 0.266 e. The number of carbonyl (C=O) groups is 2. The first-order valence-electron chi connectivity index (χ1n) is 9.48. The van der Waals surface area contributed by atoms with Gasteiger partial charge in [0.2, 0.25) is 5.91 Å². The van der Waals surface area contributed by atoms with Gasteiger partial charge in [-0.3, -0.25) is 14.5 Å². The maximum Gasteiger partial charge on any atom is 0.266 e. The van der Waals surface area contributed by atoms with Gasteiger partial charge in [-0.1, -0.05) is 42.2 Å². The van der Waals surface area contributed by atoms with E-state index in [0.717, 1.165) is 13.1 Å². The second kappa shape index (κ2) is 8.84. The molecule has 2 aliphatic heterocycles. The fourth-order valence-corrected chi connectivity index (χ4v) is 4.70. The van der Waals surface area contributed by atoms with Crippen LogP contribution in [0.1, 0.15) is 12.2 Å². The van der Waals surface area contributed by atoms with Crippen molar-refractivity contribution in [3.05, 3.63) is 59.4 Å². The van der Waals surface area contributed by atoms with E-state index in [1.165, 1.54) is 22.3 Å². The van der Waals surface area contributed by atoms with E-state index in [4.69, 9.17) is 16.6 Å². The number of nitrogens with zero attached hydrogens (tertiary/aromatic N) is 3. The molecule has 29 heavy (non-hydrogen) atoms. The Hall–Kier alpha value is -2.58. The van der Waals surface area contributed by atoms with Crippen molar-refractivity contribution >= 4 is 51.9 Å². The van der Waals surface area contributed by atoms with Gasteiger partial charge in [0, 0.05) is 50.9 Å². The lowest BCUT2D eigenvalue weighted by Gasteiger charge is -2.36. The number of thioether (sulfide) groups is 1. The normalized spacial score (nSPS) is 18.8. The van der Waals surface area contributed by atoms with Crippen LogP contribution >= 0.6 is 24.0 Å². The minimum Gasteiger partial charge on any atom is -0.465 e. The number of piperazine rings is 1. The van der Waals surface area contributed by atoms with E-state index >= 15 is 0 Å². The summed E-state index contributed by atoms with van der Waals surface area (Å²) in [5, 5.41) is 0. The average molecular weight is 428 g/mol. The summed E-state index contributed by atoms with van der Waals surface area (Å²) in [7, 11) is 0. The molecule has 1 aromatic heterocycles. The van der Waals surface area contributed by atoms with Crippen LogP contribution in [-0.4, -0.2) is 58.7 Å². The Morgan fingerprint density at radius 2 is 1.86 bits per heavy atom. The third-order valence-electron chi connectivity index (χ3n) is 4.99. The number of benzene rings is 1. The zero-order chi connectivity index (χ0) is 20.2. The van der Waals surface area contributed by atoms with Crippen LogP contribution in [0, 0.1) is 0 Å². The summed E-state index contributed by atoms with van der Waals surface area (Å²) in [4.78, 5) is 31.4. The zero-order valence-corrected chi connectivity index (χ0v) is 17.5. The van der Waals surface area contributed by atoms with Crippen molar-refractivity contribution in [1.82, 2.24) is 9.80 Å². The third-order valence-corrected chi connectivity index (χ3v) is 6.37. The molecule has 0 unspecified atom stereocenters. The second-order valence-electron chi connectivity index (χ2n) is 6.80. The molecule has 8 heteroatoms. The molecule has 2 saturated heterocycles. The van der Waals surface area contributed by atoms with Gasteiger partial charge in [-0.25, -0.2) is 0 Å². The van der Waals surface area contributed by atoms with E-state index in [1.54, 1.807) is 24.5 Å². The Balaban J connectivity index is 1.29. The van der Waals surface area contributed by atoms with Crippen LogP contribution in [0.15, 0.2) is 58.1 Å². The molecule has 0 aliphatic carbocycles.